The number of aliphatic hydroxyl groups excluding tert-OH is 1. The number of hydrogen-bond donors (Lipinski definition) is 2. The topological polar surface area (TPSA) is 75.6 Å². The SMILES string of the molecule is CNS(=O)(=O)c1ccc(OCC#CCO)cc1. The zero-order valence-corrected chi connectivity index (χ0v) is 10.1. The molecule has 0 saturated carbocycles. The minimum absolute atomic E-state index is 0.151. The van der Waals surface area contributed by atoms with Crippen molar-refractivity contribution >= 4 is 10.0 Å². The lowest BCUT2D eigenvalue weighted by Gasteiger charge is -2.04. The van der Waals surface area contributed by atoms with Gasteiger partial charge in [-0.15, -0.1) is 0 Å². The van der Waals surface area contributed by atoms with Crippen molar-refractivity contribution in [3.05, 3.63) is 24.3 Å². The molecular weight excluding hydrogens is 242 g/mol. The summed E-state index contributed by atoms with van der Waals surface area (Å²) in [5.41, 5.74) is 0. The van der Waals surface area contributed by atoms with E-state index in [1.807, 2.05) is 0 Å². The van der Waals surface area contributed by atoms with Gasteiger partial charge in [0.25, 0.3) is 0 Å². The Labute approximate surface area is 100 Å². The maximum absolute atomic E-state index is 11.4. The Kier molecular flexibility index (Phi) is 4.97. The fourth-order valence-corrected chi connectivity index (χ4v) is 1.79. The predicted octanol–water partition coefficient (Wildman–Crippen LogP) is -0.0308. The maximum atomic E-state index is 11.4. The van der Waals surface area contributed by atoms with Gasteiger partial charge in [-0.05, 0) is 31.3 Å². The molecule has 0 aromatic heterocycles. The second-order valence-electron chi connectivity index (χ2n) is 2.98. The third kappa shape index (κ3) is 4.07. The van der Waals surface area contributed by atoms with Crippen LogP contribution < -0.4 is 9.46 Å². The van der Waals surface area contributed by atoms with Crippen LogP contribution in [-0.2, 0) is 10.0 Å². The Bertz CT molecular complexity index is 511. The van der Waals surface area contributed by atoms with Crippen molar-refractivity contribution in [1.29, 1.82) is 0 Å². The molecule has 0 fully saturated rings. The Morgan fingerprint density at radius 2 is 1.94 bits per heavy atom. The monoisotopic (exact) mass is 255 g/mol. The van der Waals surface area contributed by atoms with Gasteiger partial charge in [0.05, 0.1) is 4.90 Å². The van der Waals surface area contributed by atoms with Crippen molar-refractivity contribution in [1.82, 2.24) is 4.72 Å². The quantitative estimate of drug-likeness (QED) is 0.741. The fourth-order valence-electron chi connectivity index (χ4n) is 1.06. The van der Waals surface area contributed by atoms with Crippen molar-refractivity contribution in [3.63, 3.8) is 0 Å². The van der Waals surface area contributed by atoms with E-state index in [1.165, 1.54) is 19.2 Å². The van der Waals surface area contributed by atoms with Gasteiger partial charge in [0, 0.05) is 0 Å². The van der Waals surface area contributed by atoms with E-state index in [9.17, 15) is 8.42 Å². The molecule has 1 rings (SSSR count). The van der Waals surface area contributed by atoms with Gasteiger partial charge in [0.2, 0.25) is 10.0 Å². The molecule has 0 spiro atoms. The van der Waals surface area contributed by atoms with Crippen molar-refractivity contribution in [2.75, 3.05) is 20.3 Å². The van der Waals surface area contributed by atoms with Gasteiger partial charge < -0.3 is 9.84 Å². The van der Waals surface area contributed by atoms with E-state index < -0.39 is 10.0 Å². The van der Waals surface area contributed by atoms with Crippen molar-refractivity contribution in [3.8, 4) is 17.6 Å². The van der Waals surface area contributed by atoms with E-state index >= 15 is 0 Å². The molecule has 1 aromatic carbocycles. The number of sulfonamides is 1. The third-order valence-corrected chi connectivity index (χ3v) is 3.35. The number of rotatable bonds is 4. The van der Waals surface area contributed by atoms with Gasteiger partial charge in [-0.3, -0.25) is 0 Å². The minimum Gasteiger partial charge on any atom is -0.481 e. The Balaban J connectivity index is 2.69. The molecule has 0 amide bonds. The standard InChI is InChI=1S/C11H13NO4S/c1-12-17(14,15)11-6-4-10(5-7-11)16-9-3-2-8-13/h4-7,12-13H,8-9H2,1H3. The van der Waals surface area contributed by atoms with Crippen LogP contribution in [0.3, 0.4) is 0 Å². The molecule has 92 valence electrons. The summed E-state index contributed by atoms with van der Waals surface area (Å²) >= 11 is 0. The zero-order chi connectivity index (χ0) is 12.7. The number of hydrogen-bond acceptors (Lipinski definition) is 4. The highest BCUT2D eigenvalue weighted by Crippen LogP contribution is 2.15. The minimum atomic E-state index is -3.41. The number of aliphatic hydroxyl groups is 1. The molecule has 0 aliphatic rings. The first kappa shape index (κ1) is 13.5. The summed E-state index contributed by atoms with van der Waals surface area (Å²) in [4.78, 5) is 0.175. The van der Waals surface area contributed by atoms with Gasteiger partial charge in [0.15, 0.2) is 0 Å². The van der Waals surface area contributed by atoms with Crippen LogP contribution >= 0.6 is 0 Å². The van der Waals surface area contributed by atoms with Gasteiger partial charge in [0.1, 0.15) is 19.0 Å². The van der Waals surface area contributed by atoms with Crippen molar-refractivity contribution in [2.45, 2.75) is 4.90 Å². The lowest BCUT2D eigenvalue weighted by atomic mass is 10.3. The molecule has 0 bridgehead atoms. The van der Waals surface area contributed by atoms with E-state index in [1.54, 1.807) is 12.1 Å². The molecule has 0 heterocycles. The second-order valence-corrected chi connectivity index (χ2v) is 4.87. The number of nitrogens with one attached hydrogen (secondary N) is 1. The highest BCUT2D eigenvalue weighted by Gasteiger charge is 2.10. The maximum Gasteiger partial charge on any atom is 0.240 e. The van der Waals surface area contributed by atoms with Crippen molar-refractivity contribution < 1.29 is 18.3 Å². The third-order valence-electron chi connectivity index (χ3n) is 1.92. The molecule has 0 unspecified atom stereocenters. The van der Waals surface area contributed by atoms with Gasteiger partial charge in [-0.2, -0.15) is 0 Å². The van der Waals surface area contributed by atoms with E-state index in [0.717, 1.165) is 0 Å². The van der Waals surface area contributed by atoms with Gasteiger partial charge in [-0.25, -0.2) is 13.1 Å². The Morgan fingerprint density at radius 3 is 2.47 bits per heavy atom. The molecule has 0 atom stereocenters. The molecule has 0 saturated heterocycles. The zero-order valence-electron chi connectivity index (χ0n) is 9.30. The van der Waals surface area contributed by atoms with Crippen LogP contribution in [0.4, 0.5) is 0 Å². The number of ether oxygens (including phenoxy) is 1. The highest BCUT2D eigenvalue weighted by atomic mass is 32.2. The summed E-state index contributed by atoms with van der Waals surface area (Å²) in [5.74, 6) is 5.55. The molecule has 0 aliphatic heterocycles. The Morgan fingerprint density at radius 1 is 1.29 bits per heavy atom. The number of benzene rings is 1. The van der Waals surface area contributed by atoms with Crippen LogP contribution in [0, 0.1) is 11.8 Å². The largest absolute Gasteiger partial charge is 0.481 e. The van der Waals surface area contributed by atoms with Crippen LogP contribution in [0.2, 0.25) is 0 Å². The second kappa shape index (κ2) is 6.25. The molecule has 5 nitrogen and oxygen atoms in total. The first-order valence-electron chi connectivity index (χ1n) is 4.83. The van der Waals surface area contributed by atoms with Crippen LogP contribution in [0.5, 0.6) is 5.75 Å². The summed E-state index contributed by atoms with van der Waals surface area (Å²) in [7, 11) is -2.06. The normalized spacial score (nSPS) is 10.5. The molecule has 0 aliphatic carbocycles. The summed E-state index contributed by atoms with van der Waals surface area (Å²) in [6.07, 6.45) is 0. The predicted molar refractivity (Wildman–Crippen MR) is 63.0 cm³/mol. The average Bonchev–Trinajstić information content (AvgIpc) is 2.35. The average molecular weight is 255 g/mol. The van der Waals surface area contributed by atoms with Crippen molar-refractivity contribution in [2.24, 2.45) is 0 Å². The highest BCUT2D eigenvalue weighted by molar-refractivity contribution is 7.89. The fraction of sp³-hybridized carbons (Fsp3) is 0.273. The van der Waals surface area contributed by atoms with E-state index in [-0.39, 0.29) is 18.1 Å². The first-order chi connectivity index (χ1) is 8.10. The van der Waals surface area contributed by atoms with Crippen LogP contribution in [-0.4, -0.2) is 33.8 Å². The van der Waals surface area contributed by atoms with Gasteiger partial charge in [-0.1, -0.05) is 11.8 Å². The van der Waals surface area contributed by atoms with E-state index in [2.05, 4.69) is 16.6 Å². The molecule has 1 aromatic rings. The molecule has 17 heavy (non-hydrogen) atoms. The summed E-state index contributed by atoms with van der Waals surface area (Å²) in [6, 6.07) is 5.98. The van der Waals surface area contributed by atoms with Crippen LogP contribution in [0.1, 0.15) is 0 Å². The summed E-state index contributed by atoms with van der Waals surface area (Å²) in [5, 5.41) is 8.41. The van der Waals surface area contributed by atoms with Gasteiger partial charge >= 0.3 is 0 Å². The summed E-state index contributed by atoms with van der Waals surface area (Å²) in [6.45, 7) is -0.0542. The molecule has 0 radical (unpaired) electrons. The van der Waals surface area contributed by atoms with Crippen LogP contribution in [0.25, 0.3) is 0 Å². The van der Waals surface area contributed by atoms with Crippen LogP contribution in [0.15, 0.2) is 29.2 Å². The molecule has 2 N–H and O–H groups in total. The smallest absolute Gasteiger partial charge is 0.240 e. The first-order valence-corrected chi connectivity index (χ1v) is 6.31. The van der Waals surface area contributed by atoms with E-state index in [4.69, 9.17) is 9.84 Å². The summed E-state index contributed by atoms with van der Waals surface area (Å²) < 4.78 is 30.2. The molecule has 6 heteroatoms. The lowest BCUT2D eigenvalue weighted by Crippen LogP contribution is -2.18. The lowest BCUT2D eigenvalue weighted by molar-refractivity contribution is 0.347. The molecular formula is C11H13NO4S. The Hall–Kier alpha value is -1.55. The van der Waals surface area contributed by atoms with E-state index in [0.29, 0.717) is 5.75 Å².